The number of carbonyl (C=O) groups excluding carboxylic acids is 1. The molecule has 1 aromatic rings. The van der Waals surface area contributed by atoms with Crippen molar-refractivity contribution in [1.82, 2.24) is 9.97 Å². The summed E-state index contributed by atoms with van der Waals surface area (Å²) in [6, 6.07) is 0. The summed E-state index contributed by atoms with van der Waals surface area (Å²) in [5.74, 6) is 1.82. The van der Waals surface area contributed by atoms with Crippen LogP contribution in [0.5, 0.6) is 0 Å². The summed E-state index contributed by atoms with van der Waals surface area (Å²) in [4.78, 5) is 28.3. The Morgan fingerprint density at radius 1 is 1.54 bits per heavy atom. The van der Waals surface area contributed by atoms with Gasteiger partial charge in [-0.3, -0.25) is 9.59 Å². The molecular weight excluding hydrogens is 188 g/mol. The Kier molecular flexibility index (Phi) is 2.18. The first kappa shape index (κ1) is 8.50. The van der Waals surface area contributed by atoms with Crippen LogP contribution in [0.3, 0.4) is 0 Å². The van der Waals surface area contributed by atoms with E-state index in [0.717, 1.165) is 29.2 Å². The lowest BCUT2D eigenvalue weighted by Crippen LogP contribution is -2.22. The van der Waals surface area contributed by atoms with Crippen LogP contribution < -0.4 is 5.56 Å². The molecule has 1 aliphatic heterocycles. The van der Waals surface area contributed by atoms with E-state index in [4.69, 9.17) is 0 Å². The zero-order valence-electron chi connectivity index (χ0n) is 6.87. The van der Waals surface area contributed by atoms with Crippen LogP contribution in [0.1, 0.15) is 21.9 Å². The molecule has 13 heavy (non-hydrogen) atoms. The molecule has 0 atom stereocenters. The van der Waals surface area contributed by atoms with Gasteiger partial charge in [0.05, 0.1) is 5.69 Å². The molecule has 68 valence electrons. The van der Waals surface area contributed by atoms with E-state index < -0.39 is 0 Å². The van der Waals surface area contributed by atoms with Gasteiger partial charge in [-0.15, -0.1) is 0 Å². The van der Waals surface area contributed by atoms with E-state index in [9.17, 15) is 9.59 Å². The normalized spacial score (nSPS) is 15.1. The van der Waals surface area contributed by atoms with Gasteiger partial charge in [0.1, 0.15) is 0 Å². The number of thioether (sulfide) groups is 1. The monoisotopic (exact) mass is 196 g/mol. The number of H-pyrrole nitrogens is 1. The molecule has 2 heterocycles. The quantitative estimate of drug-likeness (QED) is 0.659. The molecule has 0 fully saturated rings. The largest absolute Gasteiger partial charge is 0.304 e. The summed E-state index contributed by atoms with van der Waals surface area (Å²) in [5, 5.41) is 0. The zero-order chi connectivity index (χ0) is 9.26. The SMILES string of the molecule is O=Cc1nc2c(c(=O)[nH]1)CCSC2. The fourth-order valence-electron chi connectivity index (χ4n) is 1.34. The van der Waals surface area contributed by atoms with Crippen molar-refractivity contribution in [2.24, 2.45) is 0 Å². The number of aromatic amines is 1. The van der Waals surface area contributed by atoms with E-state index in [1.54, 1.807) is 11.8 Å². The molecule has 0 amide bonds. The molecule has 1 N–H and O–H groups in total. The maximum absolute atomic E-state index is 11.4. The Balaban J connectivity index is 2.59. The summed E-state index contributed by atoms with van der Waals surface area (Å²) in [6.45, 7) is 0. The summed E-state index contributed by atoms with van der Waals surface area (Å²) >= 11 is 1.73. The van der Waals surface area contributed by atoms with E-state index in [2.05, 4.69) is 9.97 Å². The van der Waals surface area contributed by atoms with E-state index in [1.165, 1.54) is 0 Å². The number of aromatic nitrogens is 2. The third-order valence-electron chi connectivity index (χ3n) is 1.97. The van der Waals surface area contributed by atoms with Crippen LogP contribution in [0.4, 0.5) is 0 Å². The highest BCUT2D eigenvalue weighted by atomic mass is 32.2. The molecule has 1 aliphatic rings. The van der Waals surface area contributed by atoms with Gasteiger partial charge in [0.2, 0.25) is 0 Å². The number of carbonyl (C=O) groups is 1. The van der Waals surface area contributed by atoms with Crippen LogP contribution in [0.2, 0.25) is 0 Å². The van der Waals surface area contributed by atoms with E-state index >= 15 is 0 Å². The van der Waals surface area contributed by atoms with Gasteiger partial charge in [-0.05, 0) is 12.2 Å². The van der Waals surface area contributed by atoms with Crippen molar-refractivity contribution in [2.45, 2.75) is 12.2 Å². The van der Waals surface area contributed by atoms with Crippen LogP contribution in [-0.4, -0.2) is 22.0 Å². The number of nitrogens with one attached hydrogen (secondary N) is 1. The Bertz CT molecular complexity index is 400. The third kappa shape index (κ3) is 1.51. The lowest BCUT2D eigenvalue weighted by molar-refractivity contribution is 0.111. The van der Waals surface area contributed by atoms with Crippen molar-refractivity contribution in [2.75, 3.05) is 5.75 Å². The van der Waals surface area contributed by atoms with E-state index in [-0.39, 0.29) is 11.4 Å². The van der Waals surface area contributed by atoms with Crippen molar-refractivity contribution in [1.29, 1.82) is 0 Å². The molecule has 0 spiro atoms. The first-order valence-corrected chi connectivity index (χ1v) is 5.11. The molecule has 4 nitrogen and oxygen atoms in total. The molecule has 0 unspecified atom stereocenters. The fourth-order valence-corrected chi connectivity index (χ4v) is 2.26. The van der Waals surface area contributed by atoms with Gasteiger partial charge in [-0.2, -0.15) is 11.8 Å². The van der Waals surface area contributed by atoms with Crippen LogP contribution in [0, 0.1) is 0 Å². The van der Waals surface area contributed by atoms with Gasteiger partial charge in [-0.1, -0.05) is 0 Å². The van der Waals surface area contributed by atoms with Crippen molar-refractivity contribution in [3.05, 3.63) is 27.4 Å². The molecule has 0 radical (unpaired) electrons. The summed E-state index contributed by atoms with van der Waals surface area (Å²) in [6.07, 6.45) is 1.32. The summed E-state index contributed by atoms with van der Waals surface area (Å²) < 4.78 is 0. The van der Waals surface area contributed by atoms with Crippen LogP contribution in [0.15, 0.2) is 4.79 Å². The van der Waals surface area contributed by atoms with Crippen LogP contribution in [-0.2, 0) is 12.2 Å². The lowest BCUT2D eigenvalue weighted by atomic mass is 10.2. The number of hydrogen-bond donors (Lipinski definition) is 1. The Morgan fingerprint density at radius 2 is 2.38 bits per heavy atom. The number of rotatable bonds is 1. The fraction of sp³-hybridized carbons (Fsp3) is 0.375. The molecule has 1 aromatic heterocycles. The maximum Gasteiger partial charge on any atom is 0.254 e. The highest BCUT2D eigenvalue weighted by molar-refractivity contribution is 7.98. The standard InChI is InChI=1S/C8H8N2O2S/c11-3-7-9-6-4-13-2-1-5(6)8(12)10-7/h3H,1-2,4H2,(H,9,10,12). The van der Waals surface area contributed by atoms with Gasteiger partial charge in [0.25, 0.3) is 5.56 Å². The molecule has 0 aromatic carbocycles. The number of aldehydes is 1. The zero-order valence-corrected chi connectivity index (χ0v) is 7.69. The predicted octanol–water partition coefficient (Wildman–Crippen LogP) is 0.372. The van der Waals surface area contributed by atoms with Crippen LogP contribution in [0.25, 0.3) is 0 Å². The second kappa shape index (κ2) is 3.33. The smallest absolute Gasteiger partial charge is 0.254 e. The second-order valence-electron chi connectivity index (χ2n) is 2.80. The average Bonchev–Trinajstić information content (AvgIpc) is 2.18. The van der Waals surface area contributed by atoms with E-state index in [1.807, 2.05) is 0 Å². The third-order valence-corrected chi connectivity index (χ3v) is 2.94. The molecule has 0 saturated carbocycles. The maximum atomic E-state index is 11.4. The average molecular weight is 196 g/mol. The highest BCUT2D eigenvalue weighted by Gasteiger charge is 2.15. The molecule has 0 saturated heterocycles. The predicted molar refractivity (Wildman–Crippen MR) is 50.1 cm³/mol. The van der Waals surface area contributed by atoms with Gasteiger partial charge in [0, 0.05) is 11.3 Å². The van der Waals surface area contributed by atoms with E-state index in [0.29, 0.717) is 6.29 Å². The molecule has 5 heteroatoms. The van der Waals surface area contributed by atoms with Gasteiger partial charge < -0.3 is 4.98 Å². The Labute approximate surface area is 78.8 Å². The van der Waals surface area contributed by atoms with Gasteiger partial charge in [0.15, 0.2) is 12.1 Å². The Morgan fingerprint density at radius 3 is 3.15 bits per heavy atom. The first-order valence-electron chi connectivity index (χ1n) is 3.96. The molecule has 0 aliphatic carbocycles. The van der Waals surface area contributed by atoms with Crippen molar-refractivity contribution >= 4 is 18.0 Å². The summed E-state index contributed by atoms with van der Waals surface area (Å²) in [7, 11) is 0. The first-order chi connectivity index (χ1) is 6.31. The summed E-state index contributed by atoms with van der Waals surface area (Å²) in [5.41, 5.74) is 1.35. The molecule has 2 rings (SSSR count). The minimum absolute atomic E-state index is 0.131. The minimum Gasteiger partial charge on any atom is -0.304 e. The van der Waals surface area contributed by atoms with Crippen molar-refractivity contribution < 1.29 is 4.79 Å². The Hall–Kier alpha value is -1.10. The molecule has 0 bridgehead atoms. The number of nitrogens with zero attached hydrogens (tertiary/aromatic N) is 1. The topological polar surface area (TPSA) is 62.8 Å². The molecular formula is C8H8N2O2S. The van der Waals surface area contributed by atoms with Gasteiger partial charge >= 0.3 is 0 Å². The lowest BCUT2D eigenvalue weighted by Gasteiger charge is -2.12. The van der Waals surface area contributed by atoms with Gasteiger partial charge in [-0.25, -0.2) is 4.98 Å². The van der Waals surface area contributed by atoms with Crippen molar-refractivity contribution in [3.8, 4) is 0 Å². The number of hydrogen-bond acceptors (Lipinski definition) is 4. The second-order valence-corrected chi connectivity index (χ2v) is 3.90. The van der Waals surface area contributed by atoms with Crippen molar-refractivity contribution in [3.63, 3.8) is 0 Å². The number of fused-ring (bicyclic) bond motifs is 1. The minimum atomic E-state index is -0.160. The highest BCUT2D eigenvalue weighted by Crippen LogP contribution is 2.19. The van der Waals surface area contributed by atoms with Crippen LogP contribution >= 0.6 is 11.8 Å².